The normalized spacial score (nSPS) is 11.6. The monoisotopic (exact) mass is 230 g/mol. The number of aliphatic carboxylic acids is 1. The van der Waals surface area contributed by atoms with E-state index in [1.54, 1.807) is 0 Å². The molecule has 0 bridgehead atoms. The number of hydrazine groups is 1. The summed E-state index contributed by atoms with van der Waals surface area (Å²) < 4.78 is 0. The van der Waals surface area contributed by atoms with Gasteiger partial charge in [-0.15, -0.1) is 0 Å². The Bertz CT molecular complexity index is 369. The molecule has 1 atom stereocenters. The van der Waals surface area contributed by atoms with E-state index in [1.165, 1.54) is 18.2 Å². The third-order valence-corrected chi connectivity index (χ3v) is 1.98. The molecule has 0 heterocycles. The van der Waals surface area contributed by atoms with Crippen molar-refractivity contribution in [3.05, 3.63) is 23.8 Å². The number of hydrogen-bond donors (Lipinski definition) is 5. The topological polar surface area (TPSA) is 147 Å². The molecule has 7 heteroatoms. The largest absolute Gasteiger partial charge is 0.504 e. The van der Waals surface area contributed by atoms with Crippen LogP contribution in [0.15, 0.2) is 18.2 Å². The zero-order chi connectivity index (χ0) is 11.4. The number of phenols is 2. The first-order valence-electron chi connectivity index (χ1n) is 4.24. The number of nitrogens with two attached hydrogens (primary N) is 1. The standard InChI is InChI=1S/C9H12N2O4.H2O/c10-11-6(9(14)15)3-5-1-2-7(12)8(13)4-5;/h1-2,4,6,11-13H,3,10H2,(H,14,15);1H2. The summed E-state index contributed by atoms with van der Waals surface area (Å²) in [7, 11) is 0. The minimum Gasteiger partial charge on any atom is -0.504 e. The van der Waals surface area contributed by atoms with Crippen molar-refractivity contribution in [1.29, 1.82) is 0 Å². The number of aromatic hydroxyl groups is 2. The minimum atomic E-state index is -1.08. The van der Waals surface area contributed by atoms with Gasteiger partial charge >= 0.3 is 5.97 Å². The van der Waals surface area contributed by atoms with Gasteiger partial charge in [0, 0.05) is 0 Å². The molecule has 0 aliphatic carbocycles. The summed E-state index contributed by atoms with van der Waals surface area (Å²) >= 11 is 0. The highest BCUT2D eigenvalue weighted by molar-refractivity contribution is 5.73. The molecule has 1 unspecified atom stereocenters. The number of hydrogen-bond acceptors (Lipinski definition) is 5. The maximum absolute atomic E-state index is 10.6. The van der Waals surface area contributed by atoms with Crippen LogP contribution in [-0.4, -0.2) is 32.8 Å². The third kappa shape index (κ3) is 3.39. The summed E-state index contributed by atoms with van der Waals surface area (Å²) in [5.74, 6) is 3.44. The van der Waals surface area contributed by atoms with Gasteiger partial charge < -0.3 is 20.8 Å². The number of rotatable bonds is 4. The van der Waals surface area contributed by atoms with Crippen LogP contribution in [0.2, 0.25) is 0 Å². The van der Waals surface area contributed by atoms with Crippen LogP contribution in [0.1, 0.15) is 5.56 Å². The van der Waals surface area contributed by atoms with Gasteiger partial charge in [0.1, 0.15) is 6.04 Å². The Kier molecular flexibility index (Phi) is 5.23. The lowest BCUT2D eigenvalue weighted by Gasteiger charge is -2.11. The second kappa shape index (κ2) is 5.91. The van der Waals surface area contributed by atoms with E-state index in [4.69, 9.17) is 16.1 Å². The van der Waals surface area contributed by atoms with Crippen LogP contribution in [0.5, 0.6) is 11.5 Å². The van der Waals surface area contributed by atoms with Gasteiger partial charge in [-0.25, -0.2) is 5.43 Å². The van der Waals surface area contributed by atoms with Crippen LogP contribution in [-0.2, 0) is 11.2 Å². The van der Waals surface area contributed by atoms with Crippen LogP contribution in [0, 0.1) is 0 Å². The van der Waals surface area contributed by atoms with Crippen molar-refractivity contribution >= 4 is 5.97 Å². The van der Waals surface area contributed by atoms with Crippen molar-refractivity contribution in [3.8, 4) is 11.5 Å². The molecule has 0 radical (unpaired) electrons. The SMILES string of the molecule is NNC(Cc1ccc(O)c(O)c1)C(=O)O.O. The lowest BCUT2D eigenvalue weighted by atomic mass is 10.1. The van der Waals surface area contributed by atoms with Crippen molar-refractivity contribution in [2.45, 2.75) is 12.5 Å². The molecule has 0 aromatic heterocycles. The maximum atomic E-state index is 10.6. The summed E-state index contributed by atoms with van der Waals surface area (Å²) in [6, 6.07) is 3.18. The fraction of sp³-hybridized carbons (Fsp3) is 0.222. The first-order chi connectivity index (χ1) is 7.04. The van der Waals surface area contributed by atoms with Crippen LogP contribution in [0.4, 0.5) is 0 Å². The second-order valence-corrected chi connectivity index (χ2v) is 3.08. The molecule has 0 fully saturated rings. The van der Waals surface area contributed by atoms with Crippen molar-refractivity contribution in [3.63, 3.8) is 0 Å². The summed E-state index contributed by atoms with van der Waals surface area (Å²) in [5.41, 5.74) is 2.71. The van der Waals surface area contributed by atoms with E-state index < -0.39 is 12.0 Å². The van der Waals surface area contributed by atoms with E-state index in [-0.39, 0.29) is 23.4 Å². The number of carboxylic acids is 1. The van der Waals surface area contributed by atoms with Gasteiger partial charge in [0.2, 0.25) is 0 Å². The van der Waals surface area contributed by atoms with Crippen LogP contribution in [0.3, 0.4) is 0 Å². The molecule has 0 aliphatic rings. The van der Waals surface area contributed by atoms with E-state index in [9.17, 15) is 9.90 Å². The Morgan fingerprint density at radius 3 is 2.44 bits per heavy atom. The van der Waals surface area contributed by atoms with Crippen molar-refractivity contribution in [2.75, 3.05) is 0 Å². The number of phenolic OH excluding ortho intramolecular Hbond substituents is 2. The zero-order valence-electron chi connectivity index (χ0n) is 8.34. The molecule has 90 valence electrons. The summed E-state index contributed by atoms with van der Waals surface area (Å²) in [6.45, 7) is 0. The average Bonchev–Trinajstić information content (AvgIpc) is 2.19. The smallest absolute Gasteiger partial charge is 0.322 e. The first-order valence-corrected chi connectivity index (χ1v) is 4.24. The predicted molar refractivity (Wildman–Crippen MR) is 55.8 cm³/mol. The average molecular weight is 230 g/mol. The quantitative estimate of drug-likeness (QED) is 0.247. The highest BCUT2D eigenvalue weighted by atomic mass is 16.4. The van der Waals surface area contributed by atoms with Gasteiger partial charge in [0.15, 0.2) is 11.5 Å². The van der Waals surface area contributed by atoms with E-state index in [0.717, 1.165) is 0 Å². The van der Waals surface area contributed by atoms with Gasteiger partial charge in [-0.2, -0.15) is 0 Å². The fourth-order valence-corrected chi connectivity index (χ4v) is 1.15. The van der Waals surface area contributed by atoms with E-state index in [0.29, 0.717) is 5.56 Å². The Morgan fingerprint density at radius 2 is 2.00 bits per heavy atom. The van der Waals surface area contributed by atoms with E-state index >= 15 is 0 Å². The molecular formula is C9H14N2O5. The van der Waals surface area contributed by atoms with Crippen LogP contribution in [0.25, 0.3) is 0 Å². The molecule has 1 aromatic rings. The highest BCUT2D eigenvalue weighted by Gasteiger charge is 2.16. The molecule has 1 aromatic carbocycles. The summed E-state index contributed by atoms with van der Waals surface area (Å²) in [6.07, 6.45) is 0.125. The molecule has 0 spiro atoms. The molecule has 7 nitrogen and oxygen atoms in total. The Labute approximate surface area is 91.4 Å². The lowest BCUT2D eigenvalue weighted by molar-refractivity contribution is -0.139. The van der Waals surface area contributed by atoms with E-state index in [2.05, 4.69) is 5.43 Å². The molecule has 0 saturated heterocycles. The lowest BCUT2D eigenvalue weighted by Crippen LogP contribution is -2.42. The molecule has 8 N–H and O–H groups in total. The first kappa shape index (κ1) is 14.2. The maximum Gasteiger partial charge on any atom is 0.322 e. The predicted octanol–water partition coefficient (Wildman–Crippen LogP) is -1.27. The summed E-state index contributed by atoms with van der Waals surface area (Å²) in [4.78, 5) is 10.6. The molecule has 16 heavy (non-hydrogen) atoms. The second-order valence-electron chi connectivity index (χ2n) is 3.08. The third-order valence-electron chi connectivity index (χ3n) is 1.98. The van der Waals surface area contributed by atoms with Crippen molar-refractivity contribution < 1.29 is 25.6 Å². The van der Waals surface area contributed by atoms with Gasteiger partial charge in [-0.3, -0.25) is 10.6 Å². The van der Waals surface area contributed by atoms with Crippen LogP contribution >= 0.6 is 0 Å². The number of nitrogens with one attached hydrogen (secondary N) is 1. The number of carbonyl (C=O) groups is 1. The Hall–Kier alpha value is -1.83. The number of benzene rings is 1. The zero-order valence-corrected chi connectivity index (χ0v) is 8.34. The number of carboxylic acid groups (broad SMARTS) is 1. The Balaban J connectivity index is 0.00000225. The fourth-order valence-electron chi connectivity index (χ4n) is 1.15. The van der Waals surface area contributed by atoms with E-state index in [1.807, 2.05) is 0 Å². The van der Waals surface area contributed by atoms with Gasteiger partial charge in [0.25, 0.3) is 0 Å². The van der Waals surface area contributed by atoms with Gasteiger partial charge in [-0.1, -0.05) is 6.07 Å². The molecular weight excluding hydrogens is 216 g/mol. The highest BCUT2D eigenvalue weighted by Crippen LogP contribution is 2.25. The van der Waals surface area contributed by atoms with Crippen molar-refractivity contribution in [1.82, 2.24) is 5.43 Å². The van der Waals surface area contributed by atoms with Crippen molar-refractivity contribution in [2.24, 2.45) is 5.84 Å². The molecule has 0 saturated carbocycles. The van der Waals surface area contributed by atoms with Crippen LogP contribution < -0.4 is 11.3 Å². The van der Waals surface area contributed by atoms with Gasteiger partial charge in [0.05, 0.1) is 0 Å². The molecule has 0 amide bonds. The Morgan fingerprint density at radius 1 is 1.38 bits per heavy atom. The van der Waals surface area contributed by atoms with Gasteiger partial charge in [-0.05, 0) is 24.1 Å². The minimum absolute atomic E-state index is 0. The summed E-state index contributed by atoms with van der Waals surface area (Å²) in [5, 5.41) is 26.9. The molecule has 0 aliphatic heterocycles. The molecule has 1 rings (SSSR count).